The zero-order chi connectivity index (χ0) is 9.35. The van der Waals surface area contributed by atoms with Gasteiger partial charge in [0.15, 0.2) is 0 Å². The molecule has 2 amide bonds. The predicted molar refractivity (Wildman–Crippen MR) is 52.6 cm³/mol. The molecule has 0 radical (unpaired) electrons. The summed E-state index contributed by atoms with van der Waals surface area (Å²) in [5.74, 6) is 0. The minimum Gasteiger partial charge on any atom is -0.336 e. The highest BCUT2D eigenvalue weighted by Crippen LogP contribution is 2.17. The first-order valence-corrected chi connectivity index (χ1v) is 4.62. The van der Waals surface area contributed by atoms with E-state index < -0.39 is 0 Å². The number of urea groups is 1. The molecule has 1 rings (SSSR count). The summed E-state index contributed by atoms with van der Waals surface area (Å²) in [6, 6.07) is 0.327. The van der Waals surface area contributed by atoms with Crippen LogP contribution in [0.1, 0.15) is 20.8 Å². The van der Waals surface area contributed by atoms with Gasteiger partial charge in [0.05, 0.1) is 0 Å². The molecule has 3 nitrogen and oxygen atoms in total. The van der Waals surface area contributed by atoms with Gasteiger partial charge in [0.1, 0.15) is 0 Å². The van der Waals surface area contributed by atoms with Gasteiger partial charge in [-0.25, -0.2) is 4.79 Å². The number of carbonyl (C=O) groups is 1. The molecule has 0 aromatic carbocycles. The number of carbonyl (C=O) groups excluding carboxylic acids is 1. The lowest BCUT2D eigenvalue weighted by Crippen LogP contribution is -2.40. The Morgan fingerprint density at radius 2 is 2.33 bits per heavy atom. The van der Waals surface area contributed by atoms with Crippen molar-refractivity contribution in [1.29, 1.82) is 0 Å². The maximum absolute atomic E-state index is 11.2. The lowest BCUT2D eigenvalue weighted by atomic mass is 10.2. The van der Waals surface area contributed by atoms with Crippen molar-refractivity contribution >= 4 is 18.7 Å². The maximum Gasteiger partial charge on any atom is 0.317 e. The number of hydrogen-bond donors (Lipinski definition) is 2. The first-order valence-electron chi connectivity index (χ1n) is 4.17. The van der Waals surface area contributed by atoms with Gasteiger partial charge in [-0.1, -0.05) is 0 Å². The quantitative estimate of drug-likeness (QED) is 0.625. The van der Waals surface area contributed by atoms with Gasteiger partial charge in [-0.15, -0.1) is 0 Å². The number of rotatable bonds is 2. The minimum absolute atomic E-state index is 0.0321. The van der Waals surface area contributed by atoms with Crippen molar-refractivity contribution in [3.63, 3.8) is 0 Å². The molecule has 1 heterocycles. The third-order valence-electron chi connectivity index (χ3n) is 1.90. The molecular formula is C8H16N2OS. The molecule has 0 bridgehead atoms. The number of hydrogen-bond acceptors (Lipinski definition) is 2. The maximum atomic E-state index is 11.2. The van der Waals surface area contributed by atoms with Crippen molar-refractivity contribution < 1.29 is 4.79 Å². The molecule has 0 aromatic heterocycles. The highest BCUT2D eigenvalue weighted by molar-refractivity contribution is 7.81. The Balaban J connectivity index is 2.56. The standard InChI is InChI=1S/C8H16N2OS/c1-6-4-9-7(11)10(6)5-8(2,3)12/h6,12H,4-5H2,1-3H3,(H,9,11). The molecular weight excluding hydrogens is 172 g/mol. The number of amides is 2. The third-order valence-corrected chi connectivity index (χ3v) is 2.04. The van der Waals surface area contributed by atoms with Crippen molar-refractivity contribution in [2.75, 3.05) is 13.1 Å². The Hall–Kier alpha value is -0.380. The van der Waals surface area contributed by atoms with Gasteiger partial charge < -0.3 is 10.2 Å². The molecule has 1 N–H and O–H groups in total. The Kier molecular flexibility index (Phi) is 2.56. The molecule has 4 heteroatoms. The van der Waals surface area contributed by atoms with Crippen LogP contribution in [0.3, 0.4) is 0 Å². The van der Waals surface area contributed by atoms with E-state index in [1.807, 2.05) is 25.7 Å². The van der Waals surface area contributed by atoms with Crippen LogP contribution in [-0.4, -0.2) is 34.8 Å². The summed E-state index contributed by atoms with van der Waals surface area (Å²) in [6.07, 6.45) is 0. The van der Waals surface area contributed by atoms with Crippen LogP contribution in [-0.2, 0) is 0 Å². The SMILES string of the molecule is CC1CNC(=O)N1CC(C)(C)S. The van der Waals surface area contributed by atoms with Crippen molar-refractivity contribution in [3.05, 3.63) is 0 Å². The predicted octanol–water partition coefficient (Wildman–Crippen LogP) is 1.11. The Labute approximate surface area is 78.9 Å². The van der Waals surface area contributed by atoms with Gasteiger partial charge in [0, 0.05) is 23.9 Å². The zero-order valence-electron chi connectivity index (χ0n) is 7.79. The minimum atomic E-state index is -0.115. The Morgan fingerprint density at radius 1 is 1.75 bits per heavy atom. The van der Waals surface area contributed by atoms with Crippen LogP contribution in [0.5, 0.6) is 0 Å². The monoisotopic (exact) mass is 188 g/mol. The fourth-order valence-corrected chi connectivity index (χ4v) is 1.44. The molecule has 70 valence electrons. The van der Waals surface area contributed by atoms with Gasteiger partial charge in [-0.2, -0.15) is 12.6 Å². The van der Waals surface area contributed by atoms with E-state index >= 15 is 0 Å². The van der Waals surface area contributed by atoms with E-state index in [1.165, 1.54) is 0 Å². The molecule has 12 heavy (non-hydrogen) atoms. The molecule has 1 fully saturated rings. The molecule has 1 aliphatic heterocycles. The molecule has 1 atom stereocenters. The number of nitrogens with one attached hydrogen (secondary N) is 1. The summed E-state index contributed by atoms with van der Waals surface area (Å²) >= 11 is 4.39. The van der Waals surface area contributed by atoms with Crippen molar-refractivity contribution in [2.45, 2.75) is 31.6 Å². The summed E-state index contributed by atoms with van der Waals surface area (Å²) in [5, 5.41) is 2.79. The Morgan fingerprint density at radius 3 is 2.67 bits per heavy atom. The van der Waals surface area contributed by atoms with Crippen LogP contribution in [0.2, 0.25) is 0 Å². The van der Waals surface area contributed by atoms with Crippen LogP contribution in [0.15, 0.2) is 0 Å². The van der Waals surface area contributed by atoms with Gasteiger partial charge in [-0.3, -0.25) is 0 Å². The highest BCUT2D eigenvalue weighted by atomic mass is 32.1. The average Bonchev–Trinajstić information content (AvgIpc) is 2.16. The largest absolute Gasteiger partial charge is 0.336 e. The fourth-order valence-electron chi connectivity index (χ4n) is 1.29. The van der Waals surface area contributed by atoms with E-state index in [0.29, 0.717) is 12.6 Å². The number of thiol groups is 1. The van der Waals surface area contributed by atoms with E-state index in [2.05, 4.69) is 17.9 Å². The lowest BCUT2D eigenvalue weighted by Gasteiger charge is -2.27. The molecule has 1 aliphatic rings. The van der Waals surface area contributed by atoms with E-state index in [9.17, 15) is 4.79 Å². The van der Waals surface area contributed by atoms with Crippen LogP contribution in [0, 0.1) is 0 Å². The first kappa shape index (κ1) is 9.71. The summed E-state index contributed by atoms with van der Waals surface area (Å²) in [7, 11) is 0. The van der Waals surface area contributed by atoms with Crippen LogP contribution in [0.4, 0.5) is 4.79 Å². The van der Waals surface area contributed by atoms with Crippen molar-refractivity contribution in [1.82, 2.24) is 10.2 Å². The second kappa shape index (κ2) is 3.17. The molecule has 1 saturated heterocycles. The van der Waals surface area contributed by atoms with Crippen molar-refractivity contribution in [2.24, 2.45) is 0 Å². The molecule has 0 saturated carbocycles. The van der Waals surface area contributed by atoms with Gasteiger partial charge in [-0.05, 0) is 20.8 Å². The van der Waals surface area contributed by atoms with Crippen LogP contribution < -0.4 is 5.32 Å². The zero-order valence-corrected chi connectivity index (χ0v) is 8.69. The second-order valence-electron chi connectivity index (χ2n) is 3.98. The highest BCUT2D eigenvalue weighted by Gasteiger charge is 2.30. The summed E-state index contributed by atoms with van der Waals surface area (Å²) in [6.45, 7) is 7.51. The average molecular weight is 188 g/mol. The number of nitrogens with zero attached hydrogens (tertiary/aromatic N) is 1. The fraction of sp³-hybridized carbons (Fsp3) is 0.875. The molecule has 0 aromatic rings. The van der Waals surface area contributed by atoms with Crippen LogP contribution >= 0.6 is 12.6 Å². The van der Waals surface area contributed by atoms with Gasteiger partial charge in [0.2, 0.25) is 0 Å². The van der Waals surface area contributed by atoms with E-state index in [-0.39, 0.29) is 10.8 Å². The topological polar surface area (TPSA) is 32.3 Å². The van der Waals surface area contributed by atoms with E-state index in [0.717, 1.165) is 6.54 Å². The third kappa shape index (κ3) is 2.30. The molecule has 0 spiro atoms. The summed E-state index contributed by atoms with van der Waals surface area (Å²) in [5.41, 5.74) is 0. The summed E-state index contributed by atoms with van der Waals surface area (Å²) in [4.78, 5) is 13.1. The van der Waals surface area contributed by atoms with Gasteiger partial charge in [0.25, 0.3) is 0 Å². The smallest absolute Gasteiger partial charge is 0.317 e. The van der Waals surface area contributed by atoms with E-state index in [1.54, 1.807) is 0 Å². The Bertz CT molecular complexity index is 188. The lowest BCUT2D eigenvalue weighted by molar-refractivity contribution is 0.202. The first-order chi connectivity index (χ1) is 5.40. The van der Waals surface area contributed by atoms with E-state index in [4.69, 9.17) is 0 Å². The second-order valence-corrected chi connectivity index (χ2v) is 5.19. The van der Waals surface area contributed by atoms with Crippen molar-refractivity contribution in [3.8, 4) is 0 Å². The molecule has 1 unspecified atom stereocenters. The normalized spacial score (nSPS) is 24.5. The summed E-state index contributed by atoms with van der Waals surface area (Å²) < 4.78 is -0.115. The van der Waals surface area contributed by atoms with Gasteiger partial charge >= 0.3 is 6.03 Å². The molecule has 0 aliphatic carbocycles. The van der Waals surface area contributed by atoms with Crippen LogP contribution in [0.25, 0.3) is 0 Å².